The van der Waals surface area contributed by atoms with Gasteiger partial charge >= 0.3 is 6.36 Å². The minimum absolute atomic E-state index is 0.0282. The molecule has 0 aliphatic rings. The molecule has 0 N–H and O–H groups in total. The van der Waals surface area contributed by atoms with Crippen LogP contribution in [0.2, 0.25) is 0 Å². The molecule has 0 fully saturated rings. The van der Waals surface area contributed by atoms with E-state index in [1.165, 1.54) is 12.1 Å². The van der Waals surface area contributed by atoms with Gasteiger partial charge in [-0.25, -0.2) is 4.98 Å². The van der Waals surface area contributed by atoms with Crippen LogP contribution in [0.1, 0.15) is 10.5 Å². The Hall–Kier alpha value is -1.11. The maximum absolute atomic E-state index is 11.8. The molecule has 0 saturated carbocycles. The molecule has 1 aromatic heterocycles. The van der Waals surface area contributed by atoms with Gasteiger partial charge in [0.05, 0.1) is 4.47 Å². The number of rotatable bonds is 2. The number of hydrogen-bond acceptors (Lipinski definition) is 3. The molecular formula is C7H3BrF3NO2. The molecule has 0 aliphatic carbocycles. The van der Waals surface area contributed by atoms with Crippen molar-refractivity contribution in [1.82, 2.24) is 4.98 Å². The summed E-state index contributed by atoms with van der Waals surface area (Å²) in [5, 5.41) is 0. The lowest BCUT2D eigenvalue weighted by atomic mass is 10.4. The van der Waals surface area contributed by atoms with Crippen LogP contribution < -0.4 is 4.74 Å². The summed E-state index contributed by atoms with van der Waals surface area (Å²) in [4.78, 5) is 13.5. The van der Waals surface area contributed by atoms with Gasteiger partial charge in [-0.3, -0.25) is 4.79 Å². The molecule has 1 aromatic rings. The van der Waals surface area contributed by atoms with Crippen molar-refractivity contribution >= 4 is 22.2 Å². The SMILES string of the molecule is O=Cc1ccc(Br)c(OC(F)(F)F)n1. The van der Waals surface area contributed by atoms with Crippen molar-refractivity contribution in [2.24, 2.45) is 0 Å². The van der Waals surface area contributed by atoms with E-state index in [-0.39, 0.29) is 10.2 Å². The van der Waals surface area contributed by atoms with Crippen LogP contribution in [0.4, 0.5) is 13.2 Å². The minimum Gasteiger partial charge on any atom is -0.387 e. The first kappa shape index (κ1) is 11.0. The third-order valence-electron chi connectivity index (χ3n) is 1.17. The van der Waals surface area contributed by atoms with Crippen molar-refractivity contribution in [3.05, 3.63) is 22.3 Å². The van der Waals surface area contributed by atoms with Gasteiger partial charge in [-0.2, -0.15) is 0 Å². The maximum atomic E-state index is 11.8. The van der Waals surface area contributed by atoms with Crippen LogP contribution >= 0.6 is 15.9 Å². The number of aromatic nitrogens is 1. The number of carbonyl (C=O) groups excluding carboxylic acids is 1. The molecular weight excluding hydrogens is 267 g/mol. The van der Waals surface area contributed by atoms with Crippen LogP contribution in [-0.4, -0.2) is 17.6 Å². The lowest BCUT2D eigenvalue weighted by Crippen LogP contribution is -2.18. The molecule has 76 valence electrons. The van der Waals surface area contributed by atoms with Crippen LogP contribution in [0.25, 0.3) is 0 Å². The van der Waals surface area contributed by atoms with Crippen molar-refractivity contribution in [1.29, 1.82) is 0 Å². The van der Waals surface area contributed by atoms with Crippen LogP contribution in [-0.2, 0) is 0 Å². The normalized spacial score (nSPS) is 11.1. The Morgan fingerprint density at radius 1 is 1.43 bits per heavy atom. The molecule has 0 saturated heterocycles. The van der Waals surface area contributed by atoms with E-state index in [0.29, 0.717) is 6.29 Å². The Morgan fingerprint density at radius 3 is 2.57 bits per heavy atom. The Kier molecular flexibility index (Phi) is 3.10. The molecule has 0 aliphatic heterocycles. The zero-order valence-electron chi connectivity index (χ0n) is 6.51. The molecule has 3 nitrogen and oxygen atoms in total. The summed E-state index contributed by atoms with van der Waals surface area (Å²) in [6.07, 6.45) is -4.49. The summed E-state index contributed by atoms with van der Waals surface area (Å²) in [5.74, 6) is -0.679. The zero-order chi connectivity index (χ0) is 10.8. The van der Waals surface area contributed by atoms with Crippen LogP contribution in [0.3, 0.4) is 0 Å². The fourth-order valence-electron chi connectivity index (χ4n) is 0.685. The molecule has 0 amide bonds. The van der Waals surface area contributed by atoms with Crippen LogP contribution in [0, 0.1) is 0 Å². The second-order valence-corrected chi connectivity index (χ2v) is 3.04. The fraction of sp³-hybridized carbons (Fsp3) is 0.143. The summed E-state index contributed by atoms with van der Waals surface area (Å²) in [6, 6.07) is 2.51. The monoisotopic (exact) mass is 269 g/mol. The highest BCUT2D eigenvalue weighted by atomic mass is 79.9. The van der Waals surface area contributed by atoms with E-state index in [4.69, 9.17) is 0 Å². The number of halogens is 4. The summed E-state index contributed by atoms with van der Waals surface area (Å²) in [5.41, 5.74) is -0.132. The second-order valence-electron chi connectivity index (χ2n) is 2.19. The first-order valence-corrected chi connectivity index (χ1v) is 4.09. The lowest BCUT2D eigenvalue weighted by Gasteiger charge is -2.09. The molecule has 0 unspecified atom stereocenters. The van der Waals surface area contributed by atoms with E-state index < -0.39 is 12.2 Å². The van der Waals surface area contributed by atoms with Gasteiger partial charge in [0.1, 0.15) is 5.69 Å². The number of ether oxygens (including phenoxy) is 1. The average Bonchev–Trinajstić information content (AvgIpc) is 2.06. The maximum Gasteiger partial charge on any atom is 0.574 e. The first-order valence-electron chi connectivity index (χ1n) is 3.30. The fourth-order valence-corrected chi connectivity index (χ4v) is 0.986. The van der Waals surface area contributed by atoms with Crippen molar-refractivity contribution < 1.29 is 22.7 Å². The summed E-state index contributed by atoms with van der Waals surface area (Å²) in [6.45, 7) is 0. The van der Waals surface area contributed by atoms with E-state index >= 15 is 0 Å². The molecule has 0 aromatic carbocycles. The van der Waals surface area contributed by atoms with Gasteiger partial charge in [-0.05, 0) is 28.1 Å². The minimum atomic E-state index is -4.82. The van der Waals surface area contributed by atoms with Gasteiger partial charge in [0.15, 0.2) is 6.29 Å². The van der Waals surface area contributed by atoms with E-state index in [1.807, 2.05) is 0 Å². The smallest absolute Gasteiger partial charge is 0.387 e. The summed E-state index contributed by atoms with van der Waals surface area (Å²) < 4.78 is 38.9. The highest BCUT2D eigenvalue weighted by molar-refractivity contribution is 9.10. The van der Waals surface area contributed by atoms with E-state index in [2.05, 4.69) is 25.7 Å². The Bertz CT molecular complexity index is 353. The third kappa shape index (κ3) is 2.99. The zero-order valence-corrected chi connectivity index (χ0v) is 8.09. The average molecular weight is 270 g/mol. The Labute approximate surface area is 85.0 Å². The van der Waals surface area contributed by atoms with E-state index in [1.54, 1.807) is 0 Å². The number of carbonyl (C=O) groups is 1. The van der Waals surface area contributed by atoms with Crippen LogP contribution in [0.15, 0.2) is 16.6 Å². The molecule has 0 bridgehead atoms. The van der Waals surface area contributed by atoms with Gasteiger partial charge in [-0.1, -0.05) is 0 Å². The van der Waals surface area contributed by atoms with Crippen molar-refractivity contribution in [2.75, 3.05) is 0 Å². The number of nitrogens with zero attached hydrogens (tertiary/aromatic N) is 1. The van der Waals surface area contributed by atoms with Gasteiger partial charge in [-0.15, -0.1) is 13.2 Å². The van der Waals surface area contributed by atoms with Gasteiger partial charge in [0, 0.05) is 0 Å². The predicted octanol–water partition coefficient (Wildman–Crippen LogP) is 2.56. The summed E-state index contributed by atoms with van der Waals surface area (Å²) in [7, 11) is 0. The highest BCUT2D eigenvalue weighted by Crippen LogP contribution is 2.28. The van der Waals surface area contributed by atoms with Gasteiger partial charge < -0.3 is 4.74 Å². The largest absolute Gasteiger partial charge is 0.574 e. The number of alkyl halides is 3. The van der Waals surface area contributed by atoms with Crippen molar-refractivity contribution in [3.63, 3.8) is 0 Å². The lowest BCUT2D eigenvalue weighted by molar-refractivity contribution is -0.276. The quantitative estimate of drug-likeness (QED) is 0.775. The second kappa shape index (κ2) is 3.95. The molecule has 0 radical (unpaired) electrons. The Morgan fingerprint density at radius 2 is 2.07 bits per heavy atom. The third-order valence-corrected chi connectivity index (χ3v) is 1.77. The molecule has 1 heterocycles. The molecule has 1 rings (SSSR count). The number of hydrogen-bond donors (Lipinski definition) is 0. The topological polar surface area (TPSA) is 39.2 Å². The number of aldehydes is 1. The van der Waals surface area contributed by atoms with Gasteiger partial charge in [0.25, 0.3) is 0 Å². The summed E-state index contributed by atoms with van der Waals surface area (Å²) >= 11 is 2.81. The van der Waals surface area contributed by atoms with E-state index in [9.17, 15) is 18.0 Å². The molecule has 0 atom stereocenters. The van der Waals surface area contributed by atoms with E-state index in [0.717, 1.165) is 0 Å². The predicted molar refractivity (Wildman–Crippen MR) is 44.0 cm³/mol. The number of pyridine rings is 1. The highest BCUT2D eigenvalue weighted by Gasteiger charge is 2.32. The first-order chi connectivity index (χ1) is 6.42. The molecule has 7 heteroatoms. The standard InChI is InChI=1S/C7H3BrF3NO2/c8-5-2-1-4(3-13)12-6(5)14-7(9,10)11/h1-3H. The molecule has 0 spiro atoms. The van der Waals surface area contributed by atoms with Crippen molar-refractivity contribution in [2.45, 2.75) is 6.36 Å². The van der Waals surface area contributed by atoms with Crippen LogP contribution in [0.5, 0.6) is 5.88 Å². The van der Waals surface area contributed by atoms with Gasteiger partial charge in [0.2, 0.25) is 5.88 Å². The van der Waals surface area contributed by atoms with Crippen molar-refractivity contribution in [3.8, 4) is 5.88 Å². The molecule has 14 heavy (non-hydrogen) atoms. The Balaban J connectivity index is 3.01.